The van der Waals surface area contributed by atoms with Crippen LogP contribution in [0.5, 0.6) is 11.5 Å². The molecule has 0 aromatic heterocycles. The first-order valence-corrected chi connectivity index (χ1v) is 10.1. The zero-order chi connectivity index (χ0) is 22.7. The molecule has 8 nitrogen and oxygen atoms in total. The van der Waals surface area contributed by atoms with E-state index in [1.54, 1.807) is 19.2 Å². The van der Waals surface area contributed by atoms with Gasteiger partial charge >= 0.3 is 0 Å². The van der Waals surface area contributed by atoms with Gasteiger partial charge in [0.15, 0.2) is 30.4 Å². The molecular formula is C23H28N3O5+. The minimum atomic E-state index is -0.311. The van der Waals surface area contributed by atoms with Gasteiger partial charge in [0.25, 0.3) is 11.8 Å². The number of hydrogen-bond acceptors (Lipinski definition) is 5. The average molecular weight is 426 g/mol. The van der Waals surface area contributed by atoms with Crippen LogP contribution in [-0.4, -0.2) is 44.5 Å². The van der Waals surface area contributed by atoms with Gasteiger partial charge in [-0.1, -0.05) is 17.7 Å². The molecular weight excluding hydrogens is 398 g/mol. The summed E-state index contributed by atoms with van der Waals surface area (Å²) in [5, 5.41) is 5.70. The van der Waals surface area contributed by atoms with Gasteiger partial charge in [0.2, 0.25) is 6.79 Å². The molecule has 3 rings (SSSR count). The number of quaternary nitrogens is 1. The first kappa shape index (κ1) is 22.3. The van der Waals surface area contributed by atoms with Gasteiger partial charge in [-0.25, -0.2) is 0 Å². The number of rotatable bonds is 7. The number of amides is 2. The molecule has 0 fully saturated rings. The smallest absolute Gasteiger partial charge is 0.279 e. The van der Waals surface area contributed by atoms with Gasteiger partial charge in [0.05, 0.1) is 12.7 Å². The maximum absolute atomic E-state index is 12.5. The monoisotopic (exact) mass is 426 g/mol. The fraction of sp³-hybridized carbons (Fsp3) is 0.348. The number of anilines is 2. The highest BCUT2D eigenvalue weighted by molar-refractivity contribution is 6.04. The van der Waals surface area contributed by atoms with Crippen molar-refractivity contribution in [1.82, 2.24) is 0 Å². The van der Waals surface area contributed by atoms with Gasteiger partial charge in [0.1, 0.15) is 0 Å². The predicted molar refractivity (Wildman–Crippen MR) is 117 cm³/mol. The van der Waals surface area contributed by atoms with Crippen molar-refractivity contribution in [3.63, 3.8) is 0 Å². The van der Waals surface area contributed by atoms with Gasteiger partial charge in [-0.15, -0.1) is 0 Å². The quantitative estimate of drug-likeness (QED) is 0.585. The number of benzene rings is 2. The number of ketones is 1. The number of aryl methyl sites for hydroxylation is 3. The number of carbonyl (C=O) groups is 3. The molecule has 3 N–H and O–H groups in total. The molecule has 2 aromatic rings. The molecule has 1 unspecified atom stereocenters. The van der Waals surface area contributed by atoms with E-state index in [1.807, 2.05) is 32.9 Å². The van der Waals surface area contributed by atoms with E-state index >= 15 is 0 Å². The van der Waals surface area contributed by atoms with Crippen LogP contribution in [0.4, 0.5) is 11.4 Å². The molecule has 1 atom stereocenters. The van der Waals surface area contributed by atoms with E-state index in [1.165, 1.54) is 6.92 Å². The number of ether oxygens (including phenoxy) is 2. The highest BCUT2D eigenvalue weighted by Gasteiger charge is 2.22. The summed E-state index contributed by atoms with van der Waals surface area (Å²) in [6, 6.07) is 7.19. The molecule has 1 heterocycles. The maximum atomic E-state index is 12.5. The number of fused-ring (bicyclic) bond motifs is 1. The molecule has 0 spiro atoms. The lowest BCUT2D eigenvalue weighted by Crippen LogP contribution is -3.11. The summed E-state index contributed by atoms with van der Waals surface area (Å²) in [6.07, 6.45) is 0. The second kappa shape index (κ2) is 9.18. The van der Waals surface area contributed by atoms with Crippen LogP contribution in [0.25, 0.3) is 0 Å². The van der Waals surface area contributed by atoms with Crippen molar-refractivity contribution in [2.75, 3.05) is 37.6 Å². The summed E-state index contributed by atoms with van der Waals surface area (Å²) in [5.74, 6) is 0.272. The molecule has 31 heavy (non-hydrogen) atoms. The summed E-state index contributed by atoms with van der Waals surface area (Å²) in [5.41, 5.74) is 4.66. The van der Waals surface area contributed by atoms with E-state index < -0.39 is 0 Å². The normalized spacial score (nSPS) is 12.9. The van der Waals surface area contributed by atoms with Crippen LogP contribution >= 0.6 is 0 Å². The number of carbonyl (C=O) groups excluding carboxylic acids is 3. The van der Waals surface area contributed by atoms with Gasteiger partial charge < -0.3 is 25.0 Å². The summed E-state index contributed by atoms with van der Waals surface area (Å²) >= 11 is 0. The molecule has 1 aliphatic heterocycles. The van der Waals surface area contributed by atoms with Crippen molar-refractivity contribution in [2.45, 2.75) is 27.7 Å². The van der Waals surface area contributed by atoms with Crippen LogP contribution in [0.1, 0.15) is 34.0 Å². The van der Waals surface area contributed by atoms with E-state index in [0.29, 0.717) is 27.6 Å². The van der Waals surface area contributed by atoms with Crippen molar-refractivity contribution < 1.29 is 28.8 Å². The molecule has 164 valence electrons. The van der Waals surface area contributed by atoms with Gasteiger partial charge in [-0.2, -0.15) is 0 Å². The van der Waals surface area contributed by atoms with Crippen LogP contribution in [0.2, 0.25) is 0 Å². The Bertz CT molecular complexity index is 1020. The summed E-state index contributed by atoms with van der Waals surface area (Å²) in [4.78, 5) is 37.7. The molecule has 2 amide bonds. The lowest BCUT2D eigenvalue weighted by Gasteiger charge is -2.16. The Morgan fingerprint density at radius 3 is 2.03 bits per heavy atom. The highest BCUT2D eigenvalue weighted by atomic mass is 16.7. The van der Waals surface area contributed by atoms with Crippen LogP contribution in [0.15, 0.2) is 24.3 Å². The molecule has 0 bridgehead atoms. The topological polar surface area (TPSA) is 98.2 Å². The average Bonchev–Trinajstić information content (AvgIpc) is 3.10. The number of nitrogens with one attached hydrogen (secondary N) is 3. The zero-order valence-electron chi connectivity index (χ0n) is 18.5. The van der Waals surface area contributed by atoms with E-state index in [2.05, 4.69) is 10.6 Å². The number of likely N-dealkylation sites (N-methyl/N-ethyl adjacent to an activating group) is 1. The van der Waals surface area contributed by atoms with Crippen molar-refractivity contribution in [1.29, 1.82) is 0 Å². The highest BCUT2D eigenvalue weighted by Crippen LogP contribution is 2.37. The molecule has 1 aliphatic rings. The Labute approximate surface area is 181 Å². The summed E-state index contributed by atoms with van der Waals surface area (Å²) < 4.78 is 10.6. The lowest BCUT2D eigenvalue weighted by molar-refractivity contribution is -0.862. The van der Waals surface area contributed by atoms with Crippen molar-refractivity contribution in [3.8, 4) is 11.5 Å². The lowest BCUT2D eigenvalue weighted by atomic mass is 10.1. The van der Waals surface area contributed by atoms with Gasteiger partial charge in [-0.3, -0.25) is 14.4 Å². The molecule has 0 radical (unpaired) electrons. The Morgan fingerprint density at radius 2 is 1.45 bits per heavy atom. The second-order valence-electron chi connectivity index (χ2n) is 7.99. The van der Waals surface area contributed by atoms with Crippen LogP contribution in [0, 0.1) is 20.8 Å². The van der Waals surface area contributed by atoms with Crippen molar-refractivity contribution in [2.24, 2.45) is 0 Å². The van der Waals surface area contributed by atoms with E-state index in [4.69, 9.17) is 9.47 Å². The van der Waals surface area contributed by atoms with E-state index in [9.17, 15) is 14.4 Å². The van der Waals surface area contributed by atoms with Crippen LogP contribution in [-0.2, 0) is 9.59 Å². The Balaban J connectivity index is 1.60. The first-order chi connectivity index (χ1) is 14.6. The van der Waals surface area contributed by atoms with Crippen LogP contribution in [0.3, 0.4) is 0 Å². The fourth-order valence-corrected chi connectivity index (χ4v) is 3.70. The number of Topliss-reactive ketones (excluding diaryl/α,β-unsaturated/α-hetero) is 1. The standard InChI is InChI=1S/C23H27N3O5/c1-13-6-14(2)23(15(3)7-13)25-22(29)11-26(5)10-21(28)24-18-9-20-19(30-12-31-20)8-17(18)16(4)27/h6-9H,10-12H2,1-5H3,(H,24,28)(H,25,29)/p+1. The largest absolute Gasteiger partial charge is 0.454 e. The summed E-state index contributed by atoms with van der Waals surface area (Å²) in [6.45, 7) is 7.61. The minimum absolute atomic E-state index is 0.0606. The molecule has 0 aliphatic carbocycles. The van der Waals surface area contributed by atoms with Crippen LogP contribution < -0.4 is 25.0 Å². The maximum Gasteiger partial charge on any atom is 0.279 e. The van der Waals surface area contributed by atoms with Gasteiger partial charge in [-0.05, 0) is 44.9 Å². The SMILES string of the molecule is CC(=O)c1cc2c(cc1NC(=O)C[NH+](C)CC(=O)Nc1c(C)cc(C)cc1C)OCO2. The Hall–Kier alpha value is -3.39. The molecule has 0 saturated carbocycles. The van der Waals surface area contributed by atoms with Crippen molar-refractivity contribution >= 4 is 29.0 Å². The van der Waals surface area contributed by atoms with Crippen molar-refractivity contribution in [3.05, 3.63) is 46.5 Å². The third-order valence-electron chi connectivity index (χ3n) is 5.03. The third kappa shape index (κ3) is 5.40. The third-order valence-corrected chi connectivity index (χ3v) is 5.03. The molecule has 8 heteroatoms. The molecule has 0 saturated heterocycles. The Morgan fingerprint density at radius 1 is 0.903 bits per heavy atom. The number of hydrogen-bond donors (Lipinski definition) is 3. The van der Waals surface area contributed by atoms with E-state index in [0.717, 1.165) is 22.4 Å². The zero-order valence-corrected chi connectivity index (χ0v) is 18.5. The van der Waals surface area contributed by atoms with E-state index in [-0.39, 0.29) is 37.5 Å². The van der Waals surface area contributed by atoms with Gasteiger partial charge in [0, 0.05) is 17.3 Å². The fourth-order valence-electron chi connectivity index (χ4n) is 3.70. The minimum Gasteiger partial charge on any atom is -0.454 e. The predicted octanol–water partition coefficient (Wildman–Crippen LogP) is 1.64. The summed E-state index contributed by atoms with van der Waals surface area (Å²) in [7, 11) is 1.76. The Kier molecular flexibility index (Phi) is 6.60. The second-order valence-corrected chi connectivity index (χ2v) is 7.99. The first-order valence-electron chi connectivity index (χ1n) is 10.1. The molecule has 2 aromatic carbocycles.